The largest absolute Gasteiger partial charge is 0.478 e. The molecule has 3 rings (SSSR count). The zero-order valence-electron chi connectivity index (χ0n) is 12.5. The van der Waals surface area contributed by atoms with Crippen LogP contribution in [0.2, 0.25) is 0 Å². The Kier molecular flexibility index (Phi) is 3.01. The van der Waals surface area contributed by atoms with Crippen molar-refractivity contribution in [2.75, 3.05) is 11.9 Å². The lowest BCUT2D eigenvalue weighted by atomic mass is 9.89. The summed E-state index contributed by atoms with van der Waals surface area (Å²) in [6.07, 6.45) is 0.981. The van der Waals surface area contributed by atoms with Crippen LogP contribution in [0, 0.1) is 0 Å². The van der Waals surface area contributed by atoms with Crippen molar-refractivity contribution < 1.29 is 9.90 Å². The minimum absolute atomic E-state index is 0.0115. The maximum Gasteiger partial charge on any atom is 0.335 e. The third-order valence-corrected chi connectivity index (χ3v) is 3.72. The third kappa shape index (κ3) is 2.28. The van der Waals surface area contributed by atoms with Crippen molar-refractivity contribution in [3.63, 3.8) is 0 Å². The van der Waals surface area contributed by atoms with Gasteiger partial charge in [0.15, 0.2) is 0 Å². The quantitative estimate of drug-likeness (QED) is 0.890. The fourth-order valence-electron chi connectivity index (χ4n) is 2.71. The Morgan fingerprint density at radius 1 is 1.29 bits per heavy atom. The molecule has 2 N–H and O–H groups in total. The first kappa shape index (κ1) is 13.7. The number of hydrogen-bond donors (Lipinski definition) is 2. The van der Waals surface area contributed by atoms with E-state index in [-0.39, 0.29) is 11.0 Å². The van der Waals surface area contributed by atoms with Gasteiger partial charge in [-0.25, -0.2) is 9.48 Å². The van der Waals surface area contributed by atoms with E-state index < -0.39 is 5.97 Å². The number of fused-ring (bicyclic) bond motifs is 1. The molecule has 5 nitrogen and oxygen atoms in total. The maximum absolute atomic E-state index is 10.9. The van der Waals surface area contributed by atoms with Gasteiger partial charge in [-0.1, -0.05) is 20.8 Å². The molecule has 0 atom stereocenters. The first-order valence-corrected chi connectivity index (χ1v) is 7.08. The molecule has 1 aromatic heterocycles. The zero-order valence-corrected chi connectivity index (χ0v) is 12.5. The summed E-state index contributed by atoms with van der Waals surface area (Å²) >= 11 is 0. The Morgan fingerprint density at radius 3 is 2.52 bits per heavy atom. The predicted octanol–water partition coefficient (Wildman–Crippen LogP) is 2.84. The molecule has 0 bridgehead atoms. The van der Waals surface area contributed by atoms with Crippen molar-refractivity contribution in [1.82, 2.24) is 9.78 Å². The number of carboxylic acids is 1. The van der Waals surface area contributed by atoms with Gasteiger partial charge in [0.05, 0.1) is 16.9 Å². The molecule has 110 valence electrons. The van der Waals surface area contributed by atoms with E-state index in [4.69, 9.17) is 10.2 Å². The highest BCUT2D eigenvalue weighted by Gasteiger charge is 2.29. The van der Waals surface area contributed by atoms with E-state index in [0.717, 1.165) is 30.2 Å². The lowest BCUT2D eigenvalue weighted by molar-refractivity contribution is 0.0697. The topological polar surface area (TPSA) is 67.2 Å². The fourth-order valence-corrected chi connectivity index (χ4v) is 2.71. The average molecular weight is 285 g/mol. The number of anilines is 1. The molecule has 0 spiro atoms. The van der Waals surface area contributed by atoms with Gasteiger partial charge in [0.2, 0.25) is 0 Å². The summed E-state index contributed by atoms with van der Waals surface area (Å²) in [7, 11) is 0. The number of carboxylic acid groups (broad SMARTS) is 1. The van der Waals surface area contributed by atoms with Crippen molar-refractivity contribution in [3.05, 3.63) is 41.1 Å². The van der Waals surface area contributed by atoms with Crippen LogP contribution in [0.4, 0.5) is 5.82 Å². The smallest absolute Gasteiger partial charge is 0.335 e. The second-order valence-corrected chi connectivity index (χ2v) is 6.37. The van der Waals surface area contributed by atoms with Crippen molar-refractivity contribution in [2.45, 2.75) is 32.6 Å². The molecule has 2 aromatic rings. The summed E-state index contributed by atoms with van der Waals surface area (Å²) in [5, 5.41) is 17.1. The Bertz CT molecular complexity index is 694. The van der Waals surface area contributed by atoms with Gasteiger partial charge in [-0.3, -0.25) is 0 Å². The van der Waals surface area contributed by atoms with Crippen molar-refractivity contribution in [2.24, 2.45) is 0 Å². The van der Waals surface area contributed by atoms with E-state index in [0.29, 0.717) is 0 Å². The number of hydrogen-bond acceptors (Lipinski definition) is 3. The van der Waals surface area contributed by atoms with Crippen LogP contribution in [0.5, 0.6) is 0 Å². The standard InChI is InChI=1S/C16H19N3O2/c1-16(2,3)13-12-8-9-17-14(12)19(18-13)11-6-4-10(5-7-11)15(20)21/h4-7,17H,8-9H2,1-3H3,(H,20,21). The summed E-state index contributed by atoms with van der Waals surface area (Å²) in [6, 6.07) is 6.81. The molecule has 1 aliphatic rings. The number of nitrogens with one attached hydrogen (secondary N) is 1. The number of aromatic nitrogens is 2. The summed E-state index contributed by atoms with van der Waals surface area (Å²) in [4.78, 5) is 10.9. The van der Waals surface area contributed by atoms with Gasteiger partial charge in [-0.15, -0.1) is 0 Å². The van der Waals surface area contributed by atoms with Crippen LogP contribution >= 0.6 is 0 Å². The van der Waals surface area contributed by atoms with Gasteiger partial charge >= 0.3 is 5.97 Å². The summed E-state index contributed by atoms with van der Waals surface area (Å²) in [5.74, 6) is 0.115. The van der Waals surface area contributed by atoms with Crippen LogP contribution in [0.15, 0.2) is 24.3 Å². The second kappa shape index (κ2) is 4.62. The summed E-state index contributed by atoms with van der Waals surface area (Å²) in [5.41, 5.74) is 3.52. The molecule has 1 aliphatic heterocycles. The molecule has 5 heteroatoms. The van der Waals surface area contributed by atoms with Crippen LogP contribution in [0.1, 0.15) is 42.4 Å². The molecule has 1 aromatic carbocycles. The average Bonchev–Trinajstić information content (AvgIpc) is 2.98. The van der Waals surface area contributed by atoms with Gasteiger partial charge in [0.1, 0.15) is 5.82 Å². The van der Waals surface area contributed by atoms with Crippen molar-refractivity contribution in [1.29, 1.82) is 0 Å². The molecule has 0 aliphatic carbocycles. The zero-order chi connectivity index (χ0) is 15.2. The Morgan fingerprint density at radius 2 is 1.95 bits per heavy atom. The molecule has 0 amide bonds. The fraction of sp³-hybridized carbons (Fsp3) is 0.375. The number of rotatable bonds is 2. The van der Waals surface area contributed by atoms with Crippen LogP contribution in [0.25, 0.3) is 5.69 Å². The Hall–Kier alpha value is -2.30. The number of carbonyl (C=O) groups is 1. The van der Waals surface area contributed by atoms with E-state index in [1.165, 1.54) is 5.56 Å². The van der Waals surface area contributed by atoms with Gasteiger partial charge in [0, 0.05) is 17.5 Å². The predicted molar refractivity (Wildman–Crippen MR) is 81.4 cm³/mol. The first-order valence-electron chi connectivity index (χ1n) is 7.08. The van der Waals surface area contributed by atoms with Gasteiger partial charge in [-0.2, -0.15) is 5.10 Å². The molecule has 0 fully saturated rings. The summed E-state index contributed by atoms with van der Waals surface area (Å²) in [6.45, 7) is 7.40. The number of benzene rings is 1. The monoisotopic (exact) mass is 285 g/mol. The van der Waals surface area contributed by atoms with Crippen LogP contribution in [-0.4, -0.2) is 27.4 Å². The Labute approximate surface area is 123 Å². The van der Waals surface area contributed by atoms with Gasteiger partial charge in [0.25, 0.3) is 0 Å². The maximum atomic E-state index is 10.9. The van der Waals surface area contributed by atoms with E-state index >= 15 is 0 Å². The molecular weight excluding hydrogens is 266 g/mol. The first-order chi connectivity index (χ1) is 9.88. The van der Waals surface area contributed by atoms with E-state index in [1.54, 1.807) is 24.3 Å². The summed E-state index contributed by atoms with van der Waals surface area (Å²) < 4.78 is 1.88. The normalized spacial score (nSPS) is 13.9. The Balaban J connectivity index is 2.09. The SMILES string of the molecule is CC(C)(C)c1nn(-c2ccc(C(=O)O)cc2)c2c1CCN2. The lowest BCUT2D eigenvalue weighted by Crippen LogP contribution is -2.15. The van der Waals surface area contributed by atoms with E-state index in [1.807, 2.05) is 4.68 Å². The van der Waals surface area contributed by atoms with Gasteiger partial charge < -0.3 is 10.4 Å². The van der Waals surface area contributed by atoms with Crippen molar-refractivity contribution >= 4 is 11.8 Å². The minimum Gasteiger partial charge on any atom is -0.478 e. The molecule has 0 saturated heterocycles. The highest BCUT2D eigenvalue weighted by atomic mass is 16.4. The molecule has 0 radical (unpaired) electrons. The minimum atomic E-state index is -0.916. The molecule has 0 saturated carbocycles. The van der Waals surface area contributed by atoms with Crippen LogP contribution < -0.4 is 5.32 Å². The number of nitrogens with zero attached hydrogens (tertiary/aromatic N) is 2. The highest BCUT2D eigenvalue weighted by molar-refractivity contribution is 5.87. The van der Waals surface area contributed by atoms with Crippen LogP contribution in [-0.2, 0) is 11.8 Å². The third-order valence-electron chi connectivity index (χ3n) is 3.72. The van der Waals surface area contributed by atoms with Crippen molar-refractivity contribution in [3.8, 4) is 5.69 Å². The molecule has 21 heavy (non-hydrogen) atoms. The van der Waals surface area contributed by atoms with E-state index in [2.05, 4.69) is 26.1 Å². The van der Waals surface area contributed by atoms with E-state index in [9.17, 15) is 4.79 Å². The molecular formula is C16H19N3O2. The van der Waals surface area contributed by atoms with Crippen LogP contribution in [0.3, 0.4) is 0 Å². The molecule has 0 unspecified atom stereocenters. The number of aromatic carboxylic acids is 1. The van der Waals surface area contributed by atoms with Gasteiger partial charge in [-0.05, 0) is 30.7 Å². The second-order valence-electron chi connectivity index (χ2n) is 6.37. The highest BCUT2D eigenvalue weighted by Crippen LogP contribution is 2.34. The lowest BCUT2D eigenvalue weighted by Gasteiger charge is -2.16. The molecule has 2 heterocycles.